The second-order valence-corrected chi connectivity index (χ2v) is 6.37. The van der Waals surface area contributed by atoms with Crippen molar-refractivity contribution in [2.75, 3.05) is 6.61 Å². The monoisotopic (exact) mass is 296 g/mol. The van der Waals surface area contributed by atoms with Crippen molar-refractivity contribution in [3.63, 3.8) is 0 Å². The van der Waals surface area contributed by atoms with Gasteiger partial charge in [0, 0.05) is 6.61 Å². The van der Waals surface area contributed by atoms with Crippen LogP contribution in [0, 0.1) is 0 Å². The molecule has 0 aromatic carbocycles. The maximum atomic E-state index is 8.69. The Labute approximate surface area is 134 Å². The van der Waals surface area contributed by atoms with E-state index in [-0.39, 0.29) is 0 Å². The van der Waals surface area contributed by atoms with E-state index in [1.807, 2.05) is 0 Å². The highest BCUT2D eigenvalue weighted by Crippen LogP contribution is 2.11. The molecule has 0 spiro atoms. The van der Waals surface area contributed by atoms with Crippen LogP contribution in [-0.2, 0) is 0 Å². The van der Waals surface area contributed by atoms with Crippen LogP contribution in [0.1, 0.15) is 110 Å². The zero-order chi connectivity index (χ0) is 15.4. The highest BCUT2D eigenvalue weighted by molar-refractivity contribution is 4.81. The highest BCUT2D eigenvalue weighted by Gasteiger charge is 1.92. The standard InChI is InChI=1S/C20H40O/c1-2-3-4-5-6-7-8-9-10-11-12-13-14-15-16-17-18-19-20-21/h8-9,21H,2-7,10-20H2,1H3/b9-8-. The van der Waals surface area contributed by atoms with Gasteiger partial charge in [0.25, 0.3) is 0 Å². The van der Waals surface area contributed by atoms with Gasteiger partial charge in [-0.05, 0) is 32.1 Å². The normalized spacial score (nSPS) is 11.5. The zero-order valence-electron chi connectivity index (χ0n) is 14.6. The topological polar surface area (TPSA) is 20.2 Å². The predicted molar refractivity (Wildman–Crippen MR) is 95.8 cm³/mol. The Hall–Kier alpha value is -0.300. The molecular formula is C20H40O. The summed E-state index contributed by atoms with van der Waals surface area (Å²) in [4.78, 5) is 0. The lowest BCUT2D eigenvalue weighted by molar-refractivity contribution is 0.282. The van der Waals surface area contributed by atoms with E-state index in [2.05, 4.69) is 19.1 Å². The molecule has 0 saturated carbocycles. The quantitative estimate of drug-likeness (QED) is 0.231. The Bertz CT molecular complexity index is 198. The summed E-state index contributed by atoms with van der Waals surface area (Å²) in [5.74, 6) is 0. The molecule has 0 atom stereocenters. The molecule has 0 aromatic heterocycles. The lowest BCUT2D eigenvalue weighted by Gasteiger charge is -2.01. The van der Waals surface area contributed by atoms with Crippen molar-refractivity contribution in [3.8, 4) is 0 Å². The number of hydrogen-bond donors (Lipinski definition) is 1. The molecule has 0 radical (unpaired) electrons. The van der Waals surface area contributed by atoms with Crippen LogP contribution in [0.5, 0.6) is 0 Å². The molecule has 0 unspecified atom stereocenters. The summed E-state index contributed by atoms with van der Waals surface area (Å²) in [6.07, 6.45) is 26.2. The molecule has 1 heteroatoms. The van der Waals surface area contributed by atoms with Gasteiger partial charge in [-0.3, -0.25) is 0 Å². The molecule has 21 heavy (non-hydrogen) atoms. The molecule has 0 aliphatic heterocycles. The second-order valence-electron chi connectivity index (χ2n) is 6.37. The summed E-state index contributed by atoms with van der Waals surface area (Å²) in [6, 6.07) is 0. The van der Waals surface area contributed by atoms with Crippen LogP contribution < -0.4 is 0 Å². The summed E-state index contributed by atoms with van der Waals surface area (Å²) >= 11 is 0. The first-order chi connectivity index (χ1) is 10.4. The third kappa shape index (κ3) is 19.7. The summed E-state index contributed by atoms with van der Waals surface area (Å²) < 4.78 is 0. The third-order valence-electron chi connectivity index (χ3n) is 4.17. The van der Waals surface area contributed by atoms with Gasteiger partial charge in [0.15, 0.2) is 0 Å². The van der Waals surface area contributed by atoms with Crippen LogP contribution in [0.25, 0.3) is 0 Å². The van der Waals surface area contributed by atoms with Crippen LogP contribution in [0.4, 0.5) is 0 Å². The number of unbranched alkanes of at least 4 members (excludes halogenated alkanes) is 14. The van der Waals surface area contributed by atoms with Crippen LogP contribution in [0.15, 0.2) is 12.2 Å². The van der Waals surface area contributed by atoms with Crippen molar-refractivity contribution in [3.05, 3.63) is 12.2 Å². The van der Waals surface area contributed by atoms with Crippen molar-refractivity contribution in [1.29, 1.82) is 0 Å². The summed E-state index contributed by atoms with van der Waals surface area (Å²) in [5, 5.41) is 8.69. The Kier molecular flexibility index (Phi) is 19.4. The van der Waals surface area contributed by atoms with Crippen molar-refractivity contribution in [1.82, 2.24) is 0 Å². The first kappa shape index (κ1) is 20.7. The fourth-order valence-electron chi connectivity index (χ4n) is 2.71. The van der Waals surface area contributed by atoms with Gasteiger partial charge in [-0.1, -0.05) is 89.7 Å². The van der Waals surface area contributed by atoms with Crippen molar-refractivity contribution >= 4 is 0 Å². The van der Waals surface area contributed by atoms with Crippen LogP contribution in [0.3, 0.4) is 0 Å². The minimum absolute atomic E-state index is 0.367. The number of allylic oxidation sites excluding steroid dienone is 2. The minimum Gasteiger partial charge on any atom is -0.396 e. The first-order valence-electron chi connectivity index (χ1n) is 9.67. The molecule has 1 nitrogen and oxygen atoms in total. The van der Waals surface area contributed by atoms with E-state index in [1.54, 1.807) is 0 Å². The number of rotatable bonds is 17. The van der Waals surface area contributed by atoms with Gasteiger partial charge in [0.05, 0.1) is 0 Å². The molecule has 0 aliphatic carbocycles. The van der Waals surface area contributed by atoms with E-state index >= 15 is 0 Å². The zero-order valence-corrected chi connectivity index (χ0v) is 14.6. The lowest BCUT2D eigenvalue weighted by atomic mass is 10.1. The van der Waals surface area contributed by atoms with Crippen molar-refractivity contribution in [2.24, 2.45) is 0 Å². The van der Waals surface area contributed by atoms with Crippen LogP contribution in [0.2, 0.25) is 0 Å². The highest BCUT2D eigenvalue weighted by atomic mass is 16.2. The van der Waals surface area contributed by atoms with Gasteiger partial charge in [0.2, 0.25) is 0 Å². The van der Waals surface area contributed by atoms with Gasteiger partial charge in [-0.15, -0.1) is 0 Å². The fourth-order valence-corrected chi connectivity index (χ4v) is 2.71. The van der Waals surface area contributed by atoms with E-state index in [4.69, 9.17) is 5.11 Å². The third-order valence-corrected chi connectivity index (χ3v) is 4.17. The maximum absolute atomic E-state index is 8.69. The van der Waals surface area contributed by atoms with E-state index in [1.165, 1.54) is 96.3 Å². The molecule has 0 aromatic rings. The minimum atomic E-state index is 0.367. The summed E-state index contributed by atoms with van der Waals surface area (Å²) in [6.45, 7) is 2.64. The number of aliphatic hydroxyl groups excluding tert-OH is 1. The van der Waals surface area contributed by atoms with E-state index < -0.39 is 0 Å². The molecule has 1 N–H and O–H groups in total. The number of aliphatic hydroxyl groups is 1. The molecule has 126 valence electrons. The smallest absolute Gasteiger partial charge is 0.0431 e. The average molecular weight is 297 g/mol. The SMILES string of the molecule is CCCCCCC/C=C\CCCCCCCCCCCO. The average Bonchev–Trinajstić information content (AvgIpc) is 2.50. The second kappa shape index (κ2) is 19.7. The summed E-state index contributed by atoms with van der Waals surface area (Å²) in [5.41, 5.74) is 0. The van der Waals surface area contributed by atoms with Gasteiger partial charge >= 0.3 is 0 Å². The van der Waals surface area contributed by atoms with Gasteiger partial charge < -0.3 is 5.11 Å². The van der Waals surface area contributed by atoms with Crippen molar-refractivity contribution < 1.29 is 5.11 Å². The van der Waals surface area contributed by atoms with Gasteiger partial charge in [0.1, 0.15) is 0 Å². The van der Waals surface area contributed by atoms with Crippen LogP contribution in [-0.4, -0.2) is 11.7 Å². The molecule has 0 fully saturated rings. The van der Waals surface area contributed by atoms with E-state index in [0.29, 0.717) is 6.61 Å². The van der Waals surface area contributed by atoms with Crippen LogP contribution >= 0.6 is 0 Å². The Morgan fingerprint density at radius 3 is 1.33 bits per heavy atom. The van der Waals surface area contributed by atoms with Gasteiger partial charge in [-0.25, -0.2) is 0 Å². The molecule has 0 aliphatic rings. The Morgan fingerprint density at radius 2 is 0.905 bits per heavy atom. The molecular weight excluding hydrogens is 256 g/mol. The largest absolute Gasteiger partial charge is 0.396 e. The first-order valence-corrected chi connectivity index (χ1v) is 9.67. The molecule has 0 heterocycles. The Morgan fingerprint density at radius 1 is 0.524 bits per heavy atom. The molecule has 0 saturated heterocycles. The van der Waals surface area contributed by atoms with Gasteiger partial charge in [-0.2, -0.15) is 0 Å². The fraction of sp³-hybridized carbons (Fsp3) is 0.900. The molecule has 0 rings (SSSR count). The predicted octanol–water partition coefficient (Wildman–Crippen LogP) is 6.80. The van der Waals surface area contributed by atoms with E-state index in [9.17, 15) is 0 Å². The Balaban J connectivity index is 3.01. The van der Waals surface area contributed by atoms with Crippen molar-refractivity contribution in [2.45, 2.75) is 110 Å². The van der Waals surface area contributed by atoms with E-state index in [0.717, 1.165) is 6.42 Å². The maximum Gasteiger partial charge on any atom is 0.0431 e. The molecule has 0 bridgehead atoms. The lowest BCUT2D eigenvalue weighted by Crippen LogP contribution is -1.84. The molecule has 0 amide bonds. The number of hydrogen-bond acceptors (Lipinski definition) is 1. The summed E-state index contributed by atoms with van der Waals surface area (Å²) in [7, 11) is 0.